The highest BCUT2D eigenvalue weighted by molar-refractivity contribution is 7.47. The van der Waals surface area contributed by atoms with Gasteiger partial charge in [-0.1, -0.05) is 175 Å². The smallest absolute Gasteiger partial charge is 0.464 e. The second-order valence-corrected chi connectivity index (χ2v) is 19.8. The van der Waals surface area contributed by atoms with E-state index >= 15 is 0 Å². The third-order valence-corrected chi connectivity index (χ3v) is 12.4. The van der Waals surface area contributed by atoms with Gasteiger partial charge >= 0.3 is 33.6 Å². The van der Waals surface area contributed by atoms with Crippen LogP contribution in [0.3, 0.4) is 0 Å². The van der Waals surface area contributed by atoms with E-state index in [0.717, 1.165) is 83.5 Å². The summed E-state index contributed by atoms with van der Waals surface area (Å²) >= 11 is 0. The summed E-state index contributed by atoms with van der Waals surface area (Å²) in [4.78, 5) is 68.7. The van der Waals surface area contributed by atoms with E-state index in [2.05, 4.69) is 25.5 Å². The Hall–Kier alpha value is -1.94. The zero-order valence-electron chi connectivity index (χ0n) is 40.2. The highest BCUT2D eigenvalue weighted by Crippen LogP contribution is 2.45. The van der Waals surface area contributed by atoms with Crippen LogP contribution >= 0.6 is 15.6 Å². The molecule has 0 aromatic heterocycles. The van der Waals surface area contributed by atoms with Crippen molar-refractivity contribution in [2.24, 2.45) is 0 Å². The van der Waals surface area contributed by atoms with Crippen LogP contribution in [0, 0.1) is 0 Å². The molecule has 3 N–H and O–H groups in total. The lowest BCUT2D eigenvalue weighted by molar-refractivity contribution is -0.161. The first kappa shape index (κ1) is 63.1. The second kappa shape index (κ2) is 43.3. The quantitative estimate of drug-likeness (QED) is 0.0169. The minimum atomic E-state index is -4.91. The molecule has 0 saturated carbocycles. The number of unbranched alkanes of at least 4 members (excludes halogenated alkanes) is 24. The molecule has 5 atom stereocenters. The predicted molar refractivity (Wildman–Crippen MR) is 248 cm³/mol. The van der Waals surface area contributed by atoms with Crippen molar-refractivity contribution in [2.75, 3.05) is 39.6 Å². The number of aliphatic hydroxyl groups is 1. The van der Waals surface area contributed by atoms with E-state index < -0.39 is 91.5 Å². The lowest BCUT2D eigenvalue weighted by Gasteiger charge is -2.21. The molecule has 0 aliphatic rings. The van der Waals surface area contributed by atoms with Crippen LogP contribution in [0.2, 0.25) is 0 Å². The number of phosphoric ester groups is 2. The van der Waals surface area contributed by atoms with Gasteiger partial charge in [-0.2, -0.15) is 0 Å². The average Bonchev–Trinajstić information content (AvgIpc) is 3.27. The Morgan fingerprint density at radius 2 is 0.723 bits per heavy atom. The Balaban J connectivity index is 4.85. The van der Waals surface area contributed by atoms with Gasteiger partial charge in [-0.25, -0.2) is 9.13 Å². The molecule has 65 heavy (non-hydrogen) atoms. The Labute approximate surface area is 390 Å². The number of ether oxygens (including phenoxy) is 4. The van der Waals surface area contributed by atoms with E-state index in [0.29, 0.717) is 19.3 Å². The molecule has 0 aromatic carbocycles. The summed E-state index contributed by atoms with van der Waals surface area (Å²) in [6, 6.07) is 0. The summed E-state index contributed by atoms with van der Waals surface area (Å²) in [5.41, 5.74) is 0. The molecule has 2 unspecified atom stereocenters. The van der Waals surface area contributed by atoms with Crippen molar-refractivity contribution in [3.8, 4) is 0 Å². The van der Waals surface area contributed by atoms with Crippen LogP contribution in [-0.4, -0.2) is 97.2 Å². The molecule has 0 aliphatic carbocycles. The summed E-state index contributed by atoms with van der Waals surface area (Å²) in [5.74, 6) is -1.68. The van der Waals surface area contributed by atoms with Gasteiger partial charge < -0.3 is 33.8 Å². The van der Waals surface area contributed by atoms with Crippen molar-refractivity contribution in [1.29, 1.82) is 0 Å². The summed E-state index contributed by atoms with van der Waals surface area (Å²) < 4.78 is 65.5. The van der Waals surface area contributed by atoms with Gasteiger partial charge in [0.25, 0.3) is 6.47 Å². The normalized spacial score (nSPS) is 14.7. The zero-order chi connectivity index (χ0) is 48.3. The minimum absolute atomic E-state index is 0.102. The van der Waals surface area contributed by atoms with Gasteiger partial charge in [0.2, 0.25) is 0 Å². The van der Waals surface area contributed by atoms with Gasteiger partial charge in [-0.05, 0) is 19.3 Å². The summed E-state index contributed by atoms with van der Waals surface area (Å²) in [5, 5.41) is 10.3. The first-order chi connectivity index (χ1) is 31.3. The van der Waals surface area contributed by atoms with Gasteiger partial charge in [0, 0.05) is 19.3 Å². The maximum atomic E-state index is 12.7. The molecule has 0 saturated heterocycles. The molecule has 0 amide bonds. The van der Waals surface area contributed by atoms with E-state index in [4.69, 9.17) is 32.3 Å². The highest BCUT2D eigenvalue weighted by Gasteiger charge is 2.30. The van der Waals surface area contributed by atoms with Crippen molar-refractivity contribution in [3.63, 3.8) is 0 Å². The fourth-order valence-electron chi connectivity index (χ4n) is 6.70. The topological polar surface area (TPSA) is 237 Å². The lowest BCUT2D eigenvalue weighted by Crippen LogP contribution is -2.30. The average molecular weight is 975 g/mol. The van der Waals surface area contributed by atoms with Crippen LogP contribution in [0.1, 0.15) is 213 Å². The summed E-state index contributed by atoms with van der Waals surface area (Å²) in [7, 11) is -9.79. The van der Waals surface area contributed by atoms with Crippen LogP contribution in [0.15, 0.2) is 0 Å². The number of esters is 3. The molecule has 0 spiro atoms. The Morgan fingerprint density at radius 3 is 1.06 bits per heavy atom. The third-order valence-electron chi connectivity index (χ3n) is 10.5. The minimum Gasteiger partial charge on any atom is -0.464 e. The number of carbonyl (C=O) groups excluding carboxylic acids is 4. The monoisotopic (exact) mass is 975 g/mol. The van der Waals surface area contributed by atoms with Gasteiger partial charge in [0.15, 0.2) is 12.2 Å². The summed E-state index contributed by atoms with van der Waals surface area (Å²) in [6.07, 6.45) is 25.0. The fourth-order valence-corrected chi connectivity index (χ4v) is 8.28. The first-order valence-corrected chi connectivity index (χ1v) is 27.8. The summed E-state index contributed by atoms with van der Waals surface area (Å²) in [6.45, 7) is 2.63. The van der Waals surface area contributed by atoms with Crippen molar-refractivity contribution >= 4 is 40.0 Å². The van der Waals surface area contributed by atoms with Crippen LogP contribution < -0.4 is 0 Å². The number of carbonyl (C=O) groups is 4. The molecule has 0 radical (unpaired) electrons. The van der Waals surface area contributed by atoms with Gasteiger partial charge in [0.05, 0.1) is 26.4 Å². The molecular weight excluding hydrogens is 886 g/mol. The van der Waals surface area contributed by atoms with Gasteiger partial charge in [-0.15, -0.1) is 0 Å². The maximum Gasteiger partial charge on any atom is 0.472 e. The maximum absolute atomic E-state index is 12.7. The Morgan fingerprint density at radius 1 is 0.431 bits per heavy atom. The number of hydrogen-bond donors (Lipinski definition) is 3. The van der Waals surface area contributed by atoms with Crippen LogP contribution in [-0.2, 0) is 65.4 Å². The number of phosphoric acid groups is 2. The number of rotatable bonds is 49. The van der Waals surface area contributed by atoms with E-state index in [1.807, 2.05) is 0 Å². The van der Waals surface area contributed by atoms with E-state index in [1.54, 1.807) is 0 Å². The molecule has 0 aromatic rings. The molecular formula is C46H88O17P2. The van der Waals surface area contributed by atoms with Crippen molar-refractivity contribution in [1.82, 2.24) is 0 Å². The molecule has 0 bridgehead atoms. The van der Waals surface area contributed by atoms with Crippen molar-refractivity contribution in [3.05, 3.63) is 0 Å². The van der Waals surface area contributed by atoms with Crippen LogP contribution in [0.25, 0.3) is 0 Å². The molecule has 19 heteroatoms. The molecule has 0 aliphatic heterocycles. The molecule has 0 rings (SSSR count). The lowest BCUT2D eigenvalue weighted by atomic mass is 10.1. The van der Waals surface area contributed by atoms with Crippen LogP contribution in [0.5, 0.6) is 0 Å². The standard InChI is InChI=1S/C46H88O17P2/c1-4-7-10-13-16-18-19-21-24-27-29-32-45(50)62-42(36-56-40-47)38-60-64(52,53)58-34-41(48)35-59-65(54,55)61-39-43(37-57-44(49)31-28-25-22-15-12-9-6-3)63-46(51)33-30-26-23-20-17-14-11-8-5-2/h40-43,48H,4-39H2,1-3H3,(H,52,53)(H,54,55)/t41-,42+,43+/m0/s1. The second-order valence-electron chi connectivity index (χ2n) is 16.8. The molecule has 384 valence electrons. The fraction of sp³-hybridized carbons (Fsp3) is 0.913. The first-order valence-electron chi connectivity index (χ1n) is 24.8. The van der Waals surface area contributed by atoms with Gasteiger partial charge in [0.1, 0.15) is 19.3 Å². The van der Waals surface area contributed by atoms with E-state index in [-0.39, 0.29) is 25.7 Å². The van der Waals surface area contributed by atoms with Crippen LogP contribution in [0.4, 0.5) is 0 Å². The van der Waals surface area contributed by atoms with E-state index in [1.165, 1.54) is 70.6 Å². The van der Waals surface area contributed by atoms with Crippen molar-refractivity contribution in [2.45, 2.75) is 232 Å². The third kappa shape index (κ3) is 43.1. The Kier molecular flexibility index (Phi) is 42.1. The highest BCUT2D eigenvalue weighted by atomic mass is 31.2. The SMILES string of the molecule is CCCCCCCCCCCCCC(=O)O[C@H](COC=O)COP(=O)(O)OC[C@H](O)COP(=O)(O)OC[C@@H](COC(=O)CCCCCCCCC)OC(=O)CCCCCCCCCCC. The van der Waals surface area contributed by atoms with E-state index in [9.17, 15) is 43.2 Å². The van der Waals surface area contributed by atoms with Crippen molar-refractivity contribution < 1.29 is 80.2 Å². The molecule has 17 nitrogen and oxygen atoms in total. The predicted octanol–water partition coefficient (Wildman–Crippen LogP) is 10.9. The molecule has 0 fully saturated rings. The molecule has 0 heterocycles. The Bertz CT molecular complexity index is 1270. The van der Waals surface area contributed by atoms with Gasteiger partial charge in [-0.3, -0.25) is 37.3 Å². The number of aliphatic hydroxyl groups excluding tert-OH is 1. The number of hydrogen-bond acceptors (Lipinski definition) is 15. The zero-order valence-corrected chi connectivity index (χ0v) is 42.0. The largest absolute Gasteiger partial charge is 0.472 e.